The molecule has 0 aromatic rings. The van der Waals surface area contributed by atoms with E-state index >= 15 is 0 Å². The molecule has 1 aliphatic rings. The lowest BCUT2D eigenvalue weighted by Gasteiger charge is -2.30. The van der Waals surface area contributed by atoms with Crippen LogP contribution in [-0.2, 0) is 9.53 Å². The Morgan fingerprint density at radius 3 is 2.94 bits per heavy atom. The van der Waals surface area contributed by atoms with Crippen LogP contribution in [0.4, 0.5) is 0 Å². The van der Waals surface area contributed by atoms with Gasteiger partial charge in [0.1, 0.15) is 0 Å². The minimum atomic E-state index is 0. The zero-order valence-corrected chi connectivity index (χ0v) is 10.9. The van der Waals surface area contributed by atoms with Crippen LogP contribution in [-0.4, -0.2) is 37.7 Å². The molecule has 0 aromatic heterocycles. The number of ether oxygens (including phenoxy) is 1. The maximum Gasteiger partial charge on any atom is 0.222 e. The van der Waals surface area contributed by atoms with Gasteiger partial charge in [-0.2, -0.15) is 0 Å². The Morgan fingerprint density at radius 2 is 2.31 bits per heavy atom. The van der Waals surface area contributed by atoms with Crippen LogP contribution >= 0.6 is 12.4 Å². The molecule has 0 saturated carbocycles. The minimum absolute atomic E-state index is 0. The van der Waals surface area contributed by atoms with Gasteiger partial charge in [-0.25, -0.2) is 0 Å². The third-order valence-electron chi connectivity index (χ3n) is 2.79. The van der Waals surface area contributed by atoms with Gasteiger partial charge in [0, 0.05) is 25.1 Å². The van der Waals surface area contributed by atoms with Gasteiger partial charge in [-0.05, 0) is 33.2 Å². The third-order valence-corrected chi connectivity index (χ3v) is 2.79. The zero-order valence-electron chi connectivity index (χ0n) is 10.1. The van der Waals surface area contributed by atoms with Crippen molar-refractivity contribution in [3.8, 4) is 0 Å². The Kier molecular flexibility index (Phi) is 8.61. The topological polar surface area (TPSA) is 50.4 Å². The van der Waals surface area contributed by atoms with Crippen molar-refractivity contribution in [2.45, 2.75) is 45.2 Å². The second-order valence-corrected chi connectivity index (χ2v) is 4.01. The third kappa shape index (κ3) is 5.68. The smallest absolute Gasteiger partial charge is 0.222 e. The maximum absolute atomic E-state index is 11.5. The first-order valence-corrected chi connectivity index (χ1v) is 5.84. The second-order valence-electron chi connectivity index (χ2n) is 4.01. The van der Waals surface area contributed by atoms with Gasteiger partial charge in [-0.15, -0.1) is 12.4 Å². The highest BCUT2D eigenvalue weighted by atomic mass is 35.5. The van der Waals surface area contributed by atoms with Crippen LogP contribution in [0.5, 0.6) is 0 Å². The predicted octanol–water partition coefficient (Wildman–Crippen LogP) is 1.09. The van der Waals surface area contributed by atoms with E-state index in [2.05, 4.69) is 17.6 Å². The highest BCUT2D eigenvalue weighted by molar-refractivity contribution is 5.85. The summed E-state index contributed by atoms with van der Waals surface area (Å²) in [5.74, 6) is 0.101. The van der Waals surface area contributed by atoms with Gasteiger partial charge in [-0.1, -0.05) is 0 Å². The molecule has 1 fully saturated rings. The number of hydrogen-bond acceptors (Lipinski definition) is 3. The Balaban J connectivity index is 0.00000225. The van der Waals surface area contributed by atoms with Crippen LogP contribution in [0.2, 0.25) is 0 Å². The molecule has 0 aliphatic carbocycles. The number of carbonyl (C=O) groups excluding carboxylic acids is 1. The lowest BCUT2D eigenvalue weighted by Crippen LogP contribution is -2.52. The van der Waals surface area contributed by atoms with Gasteiger partial charge in [0.15, 0.2) is 0 Å². The van der Waals surface area contributed by atoms with Crippen LogP contribution in [0.3, 0.4) is 0 Å². The number of halogens is 1. The first-order valence-electron chi connectivity index (χ1n) is 5.84. The van der Waals surface area contributed by atoms with E-state index in [0.717, 1.165) is 19.4 Å². The van der Waals surface area contributed by atoms with Gasteiger partial charge in [-0.3, -0.25) is 4.79 Å². The molecule has 1 amide bonds. The average molecular weight is 251 g/mol. The van der Waals surface area contributed by atoms with Crippen LogP contribution in [0.25, 0.3) is 0 Å². The van der Waals surface area contributed by atoms with Gasteiger partial charge < -0.3 is 15.4 Å². The Labute approximate surface area is 104 Å². The van der Waals surface area contributed by atoms with E-state index in [9.17, 15) is 4.79 Å². The molecule has 0 aromatic carbocycles. The minimum Gasteiger partial charge on any atom is -0.381 e. The van der Waals surface area contributed by atoms with Gasteiger partial charge >= 0.3 is 0 Å². The quantitative estimate of drug-likeness (QED) is 0.719. The van der Waals surface area contributed by atoms with E-state index in [1.54, 1.807) is 0 Å². The molecule has 0 radical (unpaired) electrons. The molecule has 4 nitrogen and oxygen atoms in total. The summed E-state index contributed by atoms with van der Waals surface area (Å²) in [6.07, 6.45) is 2.69. The molecular formula is C11H23ClN2O2. The summed E-state index contributed by atoms with van der Waals surface area (Å²) in [5, 5.41) is 6.40. The van der Waals surface area contributed by atoms with Crippen molar-refractivity contribution in [2.75, 3.05) is 19.8 Å². The summed E-state index contributed by atoms with van der Waals surface area (Å²) in [4.78, 5) is 11.5. The summed E-state index contributed by atoms with van der Waals surface area (Å²) in [7, 11) is 0. The van der Waals surface area contributed by atoms with Crippen LogP contribution in [0.15, 0.2) is 0 Å². The Bertz CT molecular complexity index is 202. The molecule has 1 saturated heterocycles. The highest BCUT2D eigenvalue weighted by Crippen LogP contribution is 2.08. The average Bonchev–Trinajstić information content (AvgIpc) is 2.22. The van der Waals surface area contributed by atoms with Crippen LogP contribution in [0, 0.1) is 0 Å². The predicted molar refractivity (Wildman–Crippen MR) is 67.0 cm³/mol. The van der Waals surface area contributed by atoms with Crippen molar-refractivity contribution in [2.24, 2.45) is 0 Å². The number of hydrogen-bond donors (Lipinski definition) is 2. The lowest BCUT2D eigenvalue weighted by molar-refractivity contribution is -0.123. The summed E-state index contributed by atoms with van der Waals surface area (Å²) in [6, 6.07) is 0.669. The molecule has 96 valence electrons. The van der Waals surface area contributed by atoms with Crippen molar-refractivity contribution in [1.29, 1.82) is 0 Å². The molecular weight excluding hydrogens is 228 g/mol. The summed E-state index contributed by atoms with van der Waals surface area (Å²) in [5.41, 5.74) is 0. The normalized spacial score (nSPS) is 24.6. The number of piperidine rings is 1. The largest absolute Gasteiger partial charge is 0.381 e. The maximum atomic E-state index is 11.5. The monoisotopic (exact) mass is 250 g/mol. The van der Waals surface area contributed by atoms with Crippen LogP contribution in [0.1, 0.15) is 33.1 Å². The van der Waals surface area contributed by atoms with Crippen LogP contribution < -0.4 is 10.6 Å². The molecule has 1 rings (SSSR count). The van der Waals surface area contributed by atoms with E-state index in [-0.39, 0.29) is 24.4 Å². The van der Waals surface area contributed by atoms with Gasteiger partial charge in [0.25, 0.3) is 0 Å². The first-order chi connectivity index (χ1) is 7.24. The molecule has 2 atom stereocenters. The van der Waals surface area contributed by atoms with E-state index in [1.165, 1.54) is 0 Å². The van der Waals surface area contributed by atoms with Crippen molar-refractivity contribution < 1.29 is 9.53 Å². The lowest BCUT2D eigenvalue weighted by atomic mass is 10.00. The number of nitrogens with one attached hydrogen (secondary N) is 2. The molecule has 1 aliphatic heterocycles. The SMILES string of the molecule is CCOCCC(=O)NC1CCCNC1C.Cl. The second kappa shape index (κ2) is 8.79. The number of amides is 1. The molecule has 1 heterocycles. The fourth-order valence-electron chi connectivity index (χ4n) is 1.83. The summed E-state index contributed by atoms with van der Waals surface area (Å²) in [6.45, 7) is 6.32. The van der Waals surface area contributed by atoms with Crippen molar-refractivity contribution >= 4 is 18.3 Å². The Morgan fingerprint density at radius 1 is 1.56 bits per heavy atom. The number of rotatable bonds is 5. The molecule has 0 spiro atoms. The Hall–Kier alpha value is -0.320. The fraction of sp³-hybridized carbons (Fsp3) is 0.909. The summed E-state index contributed by atoms with van der Waals surface area (Å²) < 4.78 is 5.14. The molecule has 0 bridgehead atoms. The van der Waals surface area contributed by atoms with Gasteiger partial charge in [0.05, 0.1) is 6.61 Å². The van der Waals surface area contributed by atoms with Crippen molar-refractivity contribution in [3.63, 3.8) is 0 Å². The molecule has 16 heavy (non-hydrogen) atoms. The molecule has 2 N–H and O–H groups in total. The van der Waals surface area contributed by atoms with E-state index in [4.69, 9.17) is 4.74 Å². The fourth-order valence-corrected chi connectivity index (χ4v) is 1.83. The van der Waals surface area contributed by atoms with Crippen molar-refractivity contribution in [3.05, 3.63) is 0 Å². The van der Waals surface area contributed by atoms with E-state index in [1.807, 2.05) is 6.92 Å². The van der Waals surface area contributed by atoms with Crippen molar-refractivity contribution in [1.82, 2.24) is 10.6 Å². The molecule has 2 unspecified atom stereocenters. The van der Waals surface area contributed by atoms with E-state index in [0.29, 0.717) is 25.7 Å². The van der Waals surface area contributed by atoms with Gasteiger partial charge in [0.2, 0.25) is 5.91 Å². The summed E-state index contributed by atoms with van der Waals surface area (Å²) >= 11 is 0. The number of carbonyl (C=O) groups is 1. The zero-order chi connectivity index (χ0) is 11.1. The molecule has 5 heteroatoms. The van der Waals surface area contributed by atoms with E-state index < -0.39 is 0 Å². The highest BCUT2D eigenvalue weighted by Gasteiger charge is 2.21. The first kappa shape index (κ1) is 15.7. The standard InChI is InChI=1S/C11H22N2O2.ClH/c1-3-15-8-6-11(14)13-10-5-4-7-12-9(10)2;/h9-10,12H,3-8H2,1-2H3,(H,13,14);1H.